The molecule has 19 heavy (non-hydrogen) atoms. The van der Waals surface area contributed by atoms with Gasteiger partial charge in [-0.3, -0.25) is 0 Å². The van der Waals surface area contributed by atoms with Crippen LogP contribution in [0.3, 0.4) is 0 Å². The van der Waals surface area contributed by atoms with E-state index in [1.54, 1.807) is 0 Å². The summed E-state index contributed by atoms with van der Waals surface area (Å²) in [4.78, 5) is 2.20. The van der Waals surface area contributed by atoms with Crippen molar-refractivity contribution in [1.82, 2.24) is 15.5 Å². The van der Waals surface area contributed by atoms with E-state index in [0.717, 1.165) is 24.5 Å². The smallest absolute Gasteiger partial charge is 0.151 e. The average Bonchev–Trinajstić information content (AvgIpc) is 2.35. The zero-order valence-corrected chi connectivity index (χ0v) is 13.1. The van der Waals surface area contributed by atoms with Gasteiger partial charge in [0.2, 0.25) is 0 Å². The zero-order chi connectivity index (χ0) is 14.4. The molecule has 1 unspecified atom stereocenters. The minimum absolute atomic E-state index is 0.468. The lowest BCUT2D eigenvalue weighted by Crippen LogP contribution is -2.31. The first kappa shape index (κ1) is 15.9. The van der Waals surface area contributed by atoms with Gasteiger partial charge in [-0.2, -0.15) is 5.10 Å². The first-order valence-corrected chi connectivity index (χ1v) is 7.19. The van der Waals surface area contributed by atoms with Crippen LogP contribution in [0.15, 0.2) is 12.1 Å². The van der Waals surface area contributed by atoms with Gasteiger partial charge in [0.25, 0.3) is 0 Å². The fourth-order valence-electron chi connectivity index (χ4n) is 2.01. The number of nitrogens with zero attached hydrogens (tertiary/aromatic N) is 3. The Morgan fingerprint density at radius 3 is 2.26 bits per heavy atom. The molecule has 0 saturated carbocycles. The summed E-state index contributed by atoms with van der Waals surface area (Å²) >= 11 is 0. The predicted molar refractivity (Wildman–Crippen MR) is 81.3 cm³/mol. The number of hydrogen-bond acceptors (Lipinski definition) is 4. The lowest BCUT2D eigenvalue weighted by Gasteiger charge is -2.26. The Labute approximate surface area is 117 Å². The summed E-state index contributed by atoms with van der Waals surface area (Å²) in [6, 6.07) is 5.06. The second kappa shape index (κ2) is 7.43. The number of aromatic nitrogens is 2. The maximum Gasteiger partial charge on any atom is 0.151 e. The second-order valence-electron chi connectivity index (χ2n) is 6.01. The van der Waals surface area contributed by atoms with Crippen LogP contribution in [0.25, 0.3) is 0 Å². The quantitative estimate of drug-likeness (QED) is 0.822. The van der Waals surface area contributed by atoms with Crippen molar-refractivity contribution < 1.29 is 0 Å². The van der Waals surface area contributed by atoms with E-state index in [9.17, 15) is 0 Å². The van der Waals surface area contributed by atoms with Crippen LogP contribution in [0.1, 0.15) is 46.7 Å². The Balaban J connectivity index is 2.59. The molecule has 1 N–H and O–H groups in total. The molecule has 0 aromatic carbocycles. The van der Waals surface area contributed by atoms with Crippen molar-refractivity contribution in [2.45, 2.75) is 59.7 Å². The van der Waals surface area contributed by atoms with Crippen LogP contribution in [-0.2, 0) is 6.54 Å². The predicted octanol–water partition coefficient (Wildman–Crippen LogP) is 2.85. The summed E-state index contributed by atoms with van der Waals surface area (Å²) in [5, 5.41) is 11.9. The summed E-state index contributed by atoms with van der Waals surface area (Å²) < 4.78 is 0. The minimum atomic E-state index is 0.468. The van der Waals surface area contributed by atoms with Gasteiger partial charge >= 0.3 is 0 Å². The van der Waals surface area contributed by atoms with Gasteiger partial charge in [-0.05, 0) is 31.4 Å². The van der Waals surface area contributed by atoms with Crippen LogP contribution in [0, 0.1) is 5.92 Å². The molecule has 0 bridgehead atoms. The number of anilines is 1. The molecule has 1 heterocycles. The summed E-state index contributed by atoms with van der Waals surface area (Å²) in [6.45, 7) is 11.8. The first-order chi connectivity index (χ1) is 8.90. The molecule has 0 aliphatic rings. The van der Waals surface area contributed by atoms with Crippen molar-refractivity contribution in [2.75, 3.05) is 11.9 Å². The van der Waals surface area contributed by atoms with Crippen molar-refractivity contribution in [1.29, 1.82) is 0 Å². The van der Waals surface area contributed by atoms with Crippen LogP contribution in [-0.4, -0.2) is 29.3 Å². The third-order valence-corrected chi connectivity index (χ3v) is 3.23. The highest BCUT2D eigenvalue weighted by Crippen LogP contribution is 2.16. The van der Waals surface area contributed by atoms with E-state index in [1.165, 1.54) is 0 Å². The van der Waals surface area contributed by atoms with Crippen LogP contribution >= 0.6 is 0 Å². The Morgan fingerprint density at radius 1 is 1.11 bits per heavy atom. The molecule has 0 aliphatic carbocycles. The molecule has 1 atom stereocenters. The van der Waals surface area contributed by atoms with Crippen molar-refractivity contribution in [2.24, 2.45) is 5.92 Å². The monoisotopic (exact) mass is 264 g/mol. The van der Waals surface area contributed by atoms with Gasteiger partial charge in [-0.15, -0.1) is 5.10 Å². The molecule has 4 heteroatoms. The van der Waals surface area contributed by atoms with Crippen LogP contribution in [0.5, 0.6) is 0 Å². The van der Waals surface area contributed by atoms with Crippen molar-refractivity contribution in [3.63, 3.8) is 0 Å². The molecule has 0 aliphatic heterocycles. The van der Waals surface area contributed by atoms with Crippen LogP contribution < -0.4 is 10.2 Å². The lowest BCUT2D eigenvalue weighted by molar-refractivity contribution is 0.500. The first-order valence-electron chi connectivity index (χ1n) is 7.19. The van der Waals surface area contributed by atoms with Crippen molar-refractivity contribution >= 4 is 5.82 Å². The highest BCUT2D eigenvalue weighted by Gasteiger charge is 2.13. The van der Waals surface area contributed by atoms with Gasteiger partial charge in [0.1, 0.15) is 0 Å². The summed E-state index contributed by atoms with van der Waals surface area (Å²) in [6.07, 6.45) is 1.16. The Bertz CT molecular complexity index is 359. The third-order valence-electron chi connectivity index (χ3n) is 3.23. The topological polar surface area (TPSA) is 41.0 Å². The normalized spacial score (nSPS) is 13.1. The standard InChI is InChI=1S/C15H28N4/c1-11(2)9-13(5)19(6)15-8-7-14(17-18-15)10-16-12(3)4/h7-8,11-13,16H,9-10H2,1-6H3. The fourth-order valence-corrected chi connectivity index (χ4v) is 2.01. The Hall–Kier alpha value is -1.16. The molecule has 1 rings (SSSR count). The molecule has 1 aromatic heterocycles. The molecule has 0 fully saturated rings. The van der Waals surface area contributed by atoms with E-state index in [1.807, 2.05) is 0 Å². The average molecular weight is 264 g/mol. The lowest BCUT2D eigenvalue weighted by atomic mass is 10.0. The summed E-state index contributed by atoms with van der Waals surface area (Å²) in [7, 11) is 2.09. The van der Waals surface area contributed by atoms with E-state index >= 15 is 0 Å². The SMILES string of the molecule is CC(C)CC(C)N(C)c1ccc(CNC(C)C)nn1. The number of rotatable bonds is 7. The second-order valence-corrected chi connectivity index (χ2v) is 6.01. The molecular formula is C15H28N4. The third kappa shape index (κ3) is 5.55. The van der Waals surface area contributed by atoms with Crippen molar-refractivity contribution in [3.8, 4) is 0 Å². The van der Waals surface area contributed by atoms with Gasteiger partial charge in [-0.25, -0.2) is 0 Å². The van der Waals surface area contributed by atoms with E-state index in [0.29, 0.717) is 18.0 Å². The van der Waals surface area contributed by atoms with Crippen molar-refractivity contribution in [3.05, 3.63) is 17.8 Å². The Morgan fingerprint density at radius 2 is 1.79 bits per heavy atom. The molecule has 4 nitrogen and oxygen atoms in total. The van der Waals surface area contributed by atoms with E-state index in [4.69, 9.17) is 0 Å². The van der Waals surface area contributed by atoms with E-state index in [2.05, 4.69) is 74.2 Å². The van der Waals surface area contributed by atoms with Gasteiger partial charge in [0.15, 0.2) is 5.82 Å². The highest BCUT2D eigenvalue weighted by atomic mass is 15.3. The molecule has 108 valence electrons. The van der Waals surface area contributed by atoms with E-state index in [-0.39, 0.29) is 0 Å². The maximum atomic E-state index is 4.32. The van der Waals surface area contributed by atoms with Gasteiger partial charge in [0, 0.05) is 25.7 Å². The molecular weight excluding hydrogens is 236 g/mol. The zero-order valence-electron chi connectivity index (χ0n) is 13.1. The fraction of sp³-hybridized carbons (Fsp3) is 0.733. The molecule has 1 aromatic rings. The van der Waals surface area contributed by atoms with Crippen LogP contribution in [0.4, 0.5) is 5.82 Å². The summed E-state index contributed by atoms with van der Waals surface area (Å²) in [5.74, 6) is 1.64. The van der Waals surface area contributed by atoms with Crippen LogP contribution in [0.2, 0.25) is 0 Å². The minimum Gasteiger partial charge on any atom is -0.355 e. The molecule has 0 radical (unpaired) electrons. The van der Waals surface area contributed by atoms with E-state index < -0.39 is 0 Å². The number of hydrogen-bond donors (Lipinski definition) is 1. The molecule has 0 spiro atoms. The number of nitrogens with one attached hydrogen (secondary N) is 1. The highest BCUT2D eigenvalue weighted by molar-refractivity contribution is 5.37. The molecule has 0 amide bonds. The van der Waals surface area contributed by atoms with Gasteiger partial charge in [-0.1, -0.05) is 27.7 Å². The maximum absolute atomic E-state index is 4.32. The summed E-state index contributed by atoms with van der Waals surface area (Å²) in [5.41, 5.74) is 0.988. The van der Waals surface area contributed by atoms with Gasteiger partial charge < -0.3 is 10.2 Å². The Kier molecular flexibility index (Phi) is 6.22. The molecule has 0 saturated heterocycles. The largest absolute Gasteiger partial charge is 0.355 e. The van der Waals surface area contributed by atoms with Gasteiger partial charge in [0.05, 0.1) is 5.69 Å².